The lowest BCUT2D eigenvalue weighted by Crippen LogP contribution is -2.04. The summed E-state index contributed by atoms with van der Waals surface area (Å²) in [7, 11) is 0. The number of ether oxygens (including phenoxy) is 1. The van der Waals surface area contributed by atoms with Crippen molar-refractivity contribution in [2.75, 3.05) is 6.61 Å². The van der Waals surface area contributed by atoms with Crippen LogP contribution in [-0.4, -0.2) is 6.61 Å². The van der Waals surface area contributed by atoms with Crippen molar-refractivity contribution in [3.63, 3.8) is 0 Å². The number of rotatable bonds is 5. The minimum absolute atomic E-state index is 0.490. The van der Waals surface area contributed by atoms with E-state index in [1.807, 2.05) is 25.1 Å². The van der Waals surface area contributed by atoms with Gasteiger partial charge < -0.3 is 10.5 Å². The maximum absolute atomic E-state index is 5.85. The molecule has 0 radical (unpaired) electrons. The second-order valence-electron chi connectivity index (χ2n) is 4.52. The summed E-state index contributed by atoms with van der Waals surface area (Å²) in [4.78, 5) is 0. The highest BCUT2D eigenvalue weighted by Crippen LogP contribution is 2.27. The van der Waals surface area contributed by atoms with Crippen LogP contribution in [0.2, 0.25) is 0 Å². The van der Waals surface area contributed by atoms with Gasteiger partial charge in [-0.1, -0.05) is 35.9 Å². The van der Waals surface area contributed by atoms with Gasteiger partial charge in [-0.3, -0.25) is 0 Å². The molecule has 0 saturated carbocycles. The molecule has 0 unspecified atom stereocenters. The Morgan fingerprint density at radius 3 is 2.72 bits per heavy atom. The van der Waals surface area contributed by atoms with Crippen molar-refractivity contribution in [2.24, 2.45) is 5.73 Å². The highest BCUT2D eigenvalue weighted by molar-refractivity contribution is 5.87. The highest BCUT2D eigenvalue weighted by Gasteiger charge is 2.06. The molecule has 0 aliphatic rings. The average Bonchev–Trinajstić information content (AvgIpc) is 2.38. The minimum atomic E-state index is 0.490. The first-order chi connectivity index (χ1) is 8.72. The van der Waals surface area contributed by atoms with Crippen molar-refractivity contribution in [3.05, 3.63) is 54.1 Å². The maximum Gasteiger partial charge on any atom is 0.124 e. The van der Waals surface area contributed by atoms with Crippen LogP contribution in [0.4, 0.5) is 0 Å². The van der Waals surface area contributed by atoms with Gasteiger partial charge in [0.25, 0.3) is 0 Å². The molecule has 0 amide bonds. The van der Waals surface area contributed by atoms with E-state index in [0.717, 1.165) is 23.3 Å². The fourth-order valence-electron chi connectivity index (χ4n) is 2.00. The zero-order valence-electron chi connectivity index (χ0n) is 10.8. The Hall–Kier alpha value is -1.80. The summed E-state index contributed by atoms with van der Waals surface area (Å²) in [5.41, 5.74) is 8.06. The lowest BCUT2D eigenvalue weighted by Gasteiger charge is -2.13. The summed E-state index contributed by atoms with van der Waals surface area (Å²) >= 11 is 0. The number of nitrogens with two attached hydrogens (primary N) is 1. The predicted octanol–water partition coefficient (Wildman–Crippen LogP) is 3.64. The number of hydrogen-bond donors (Lipinski definition) is 1. The number of hydrogen-bond acceptors (Lipinski definition) is 2. The number of fused-ring (bicyclic) bond motifs is 1. The molecule has 2 heteroatoms. The second kappa shape index (κ2) is 5.69. The van der Waals surface area contributed by atoms with Crippen LogP contribution < -0.4 is 10.5 Å². The molecule has 2 rings (SSSR count). The molecule has 0 spiro atoms. The van der Waals surface area contributed by atoms with Gasteiger partial charge in [0.1, 0.15) is 5.75 Å². The summed E-state index contributed by atoms with van der Waals surface area (Å²) in [6, 6.07) is 12.3. The van der Waals surface area contributed by atoms with Crippen LogP contribution in [0.3, 0.4) is 0 Å². The average molecular weight is 241 g/mol. The lowest BCUT2D eigenvalue weighted by molar-refractivity contribution is 0.319. The van der Waals surface area contributed by atoms with Gasteiger partial charge in [0, 0.05) is 18.5 Å². The first-order valence-electron chi connectivity index (χ1n) is 6.20. The van der Waals surface area contributed by atoms with Gasteiger partial charge in [-0.15, -0.1) is 6.58 Å². The van der Waals surface area contributed by atoms with Crippen LogP contribution in [0.1, 0.15) is 18.9 Å². The summed E-state index contributed by atoms with van der Waals surface area (Å²) < 4.78 is 5.81. The van der Waals surface area contributed by atoms with Crippen LogP contribution >= 0.6 is 0 Å². The maximum atomic E-state index is 5.85. The predicted molar refractivity (Wildman–Crippen MR) is 76.8 cm³/mol. The van der Waals surface area contributed by atoms with E-state index < -0.39 is 0 Å². The molecule has 0 heterocycles. The molecule has 0 bridgehead atoms. The molecule has 0 fully saturated rings. The highest BCUT2D eigenvalue weighted by atomic mass is 16.5. The van der Waals surface area contributed by atoms with E-state index in [1.54, 1.807) is 0 Å². The van der Waals surface area contributed by atoms with E-state index in [9.17, 15) is 0 Å². The lowest BCUT2D eigenvalue weighted by atomic mass is 10.0. The zero-order valence-corrected chi connectivity index (χ0v) is 10.8. The molecule has 2 nitrogen and oxygen atoms in total. The molecule has 0 saturated heterocycles. The summed E-state index contributed by atoms with van der Waals surface area (Å²) in [6.45, 7) is 7.02. The van der Waals surface area contributed by atoms with E-state index >= 15 is 0 Å². The Labute approximate surface area is 108 Å². The molecular formula is C16H19NO. The Kier molecular flexibility index (Phi) is 4.00. The van der Waals surface area contributed by atoms with E-state index in [0.29, 0.717) is 13.2 Å². The Morgan fingerprint density at radius 2 is 2.00 bits per heavy atom. The molecule has 18 heavy (non-hydrogen) atoms. The van der Waals surface area contributed by atoms with Crippen molar-refractivity contribution in [1.29, 1.82) is 0 Å². The summed E-state index contributed by atoms with van der Waals surface area (Å²) in [5, 5.41) is 2.37. The Bertz CT molecular complexity index is 560. The molecule has 2 aromatic rings. The van der Waals surface area contributed by atoms with Crippen LogP contribution in [-0.2, 0) is 6.54 Å². The fourth-order valence-corrected chi connectivity index (χ4v) is 2.00. The van der Waals surface area contributed by atoms with Gasteiger partial charge in [-0.05, 0) is 23.8 Å². The molecule has 94 valence electrons. The van der Waals surface area contributed by atoms with Crippen LogP contribution in [0.5, 0.6) is 5.75 Å². The Morgan fingerprint density at radius 1 is 1.22 bits per heavy atom. The molecule has 0 aromatic heterocycles. The SMILES string of the molecule is C=C(C)CCOc1ccc2ccccc2c1CN. The van der Waals surface area contributed by atoms with Gasteiger partial charge in [-0.2, -0.15) is 0 Å². The van der Waals surface area contributed by atoms with Crippen LogP contribution in [0.25, 0.3) is 10.8 Å². The van der Waals surface area contributed by atoms with Crippen molar-refractivity contribution in [2.45, 2.75) is 19.9 Å². The fraction of sp³-hybridized carbons (Fsp3) is 0.250. The van der Waals surface area contributed by atoms with Crippen molar-refractivity contribution in [3.8, 4) is 5.75 Å². The monoisotopic (exact) mass is 241 g/mol. The molecular weight excluding hydrogens is 222 g/mol. The first-order valence-corrected chi connectivity index (χ1v) is 6.20. The summed E-state index contributed by atoms with van der Waals surface area (Å²) in [5.74, 6) is 0.887. The van der Waals surface area contributed by atoms with E-state index in [2.05, 4.69) is 24.8 Å². The van der Waals surface area contributed by atoms with Crippen molar-refractivity contribution < 1.29 is 4.74 Å². The Balaban J connectivity index is 2.30. The topological polar surface area (TPSA) is 35.2 Å². The molecule has 0 aliphatic carbocycles. The zero-order chi connectivity index (χ0) is 13.0. The van der Waals surface area contributed by atoms with E-state index in [-0.39, 0.29) is 0 Å². The standard InChI is InChI=1S/C16H19NO/c1-12(2)9-10-18-16-8-7-13-5-3-4-6-14(13)15(16)11-17/h3-8H,1,9-11,17H2,2H3. The van der Waals surface area contributed by atoms with Crippen molar-refractivity contribution in [1.82, 2.24) is 0 Å². The molecule has 2 N–H and O–H groups in total. The van der Waals surface area contributed by atoms with Gasteiger partial charge >= 0.3 is 0 Å². The smallest absolute Gasteiger partial charge is 0.124 e. The van der Waals surface area contributed by atoms with Crippen LogP contribution in [0.15, 0.2) is 48.6 Å². The van der Waals surface area contributed by atoms with Gasteiger partial charge in [0.05, 0.1) is 6.61 Å². The summed E-state index contributed by atoms with van der Waals surface area (Å²) in [6.07, 6.45) is 0.872. The third-order valence-electron chi connectivity index (χ3n) is 2.99. The largest absolute Gasteiger partial charge is 0.493 e. The molecule has 0 atom stereocenters. The quantitative estimate of drug-likeness (QED) is 0.811. The van der Waals surface area contributed by atoms with Gasteiger partial charge in [0.2, 0.25) is 0 Å². The normalized spacial score (nSPS) is 10.6. The third-order valence-corrected chi connectivity index (χ3v) is 2.99. The third kappa shape index (κ3) is 2.71. The van der Waals surface area contributed by atoms with E-state index in [4.69, 9.17) is 10.5 Å². The number of benzene rings is 2. The van der Waals surface area contributed by atoms with Gasteiger partial charge in [-0.25, -0.2) is 0 Å². The molecule has 2 aromatic carbocycles. The van der Waals surface area contributed by atoms with Crippen molar-refractivity contribution >= 4 is 10.8 Å². The molecule has 0 aliphatic heterocycles. The van der Waals surface area contributed by atoms with E-state index in [1.165, 1.54) is 10.8 Å². The van der Waals surface area contributed by atoms with Crippen LogP contribution in [0, 0.1) is 0 Å². The minimum Gasteiger partial charge on any atom is -0.493 e. The first kappa shape index (κ1) is 12.7. The second-order valence-corrected chi connectivity index (χ2v) is 4.52. The van der Waals surface area contributed by atoms with Gasteiger partial charge in [0.15, 0.2) is 0 Å².